The average Bonchev–Trinajstić information content (AvgIpc) is 2.36. The topological polar surface area (TPSA) is 41.1 Å². The Morgan fingerprint density at radius 1 is 1.33 bits per heavy atom. The highest BCUT2D eigenvalue weighted by molar-refractivity contribution is 5.94. The van der Waals surface area contributed by atoms with Crippen LogP contribution in [0.1, 0.15) is 30.1 Å². The molecule has 1 aliphatic rings. The van der Waals surface area contributed by atoms with E-state index in [1.54, 1.807) is 0 Å². The summed E-state index contributed by atoms with van der Waals surface area (Å²) in [7, 11) is 0. The highest BCUT2D eigenvalue weighted by Crippen LogP contribution is 2.24. The summed E-state index contributed by atoms with van der Waals surface area (Å²) in [5.74, 6) is -4.27. The highest BCUT2D eigenvalue weighted by Gasteiger charge is 2.28. The van der Waals surface area contributed by atoms with Crippen LogP contribution >= 0.6 is 12.4 Å². The first kappa shape index (κ1) is 17.8. The number of halogens is 4. The lowest BCUT2D eigenvalue weighted by atomic mass is 9.83. The summed E-state index contributed by atoms with van der Waals surface area (Å²) in [5, 5.41) is 5.75. The Morgan fingerprint density at radius 3 is 2.48 bits per heavy atom. The lowest BCUT2D eigenvalue weighted by Crippen LogP contribution is -2.45. The van der Waals surface area contributed by atoms with E-state index in [-0.39, 0.29) is 17.8 Å². The number of nitrogens with one attached hydrogen (secondary N) is 2. The fourth-order valence-corrected chi connectivity index (χ4v) is 2.41. The molecule has 0 aromatic heterocycles. The number of hydrogen-bond donors (Lipinski definition) is 2. The van der Waals surface area contributed by atoms with Gasteiger partial charge in [-0.2, -0.15) is 0 Å². The minimum atomic E-state index is -1.19. The molecule has 0 spiro atoms. The van der Waals surface area contributed by atoms with Gasteiger partial charge < -0.3 is 10.6 Å². The summed E-state index contributed by atoms with van der Waals surface area (Å²) in [6, 6.07) is 1.00. The molecule has 3 nitrogen and oxygen atoms in total. The number of carbonyl (C=O) groups is 1. The minimum Gasteiger partial charge on any atom is -0.351 e. The molecule has 1 unspecified atom stereocenters. The molecule has 0 bridgehead atoms. The number of rotatable bonds is 3. The van der Waals surface area contributed by atoms with Gasteiger partial charge in [0.25, 0.3) is 5.91 Å². The molecule has 21 heavy (non-hydrogen) atoms. The van der Waals surface area contributed by atoms with Crippen LogP contribution in [0.15, 0.2) is 12.1 Å². The van der Waals surface area contributed by atoms with Crippen molar-refractivity contribution < 1.29 is 18.0 Å². The fourth-order valence-electron chi connectivity index (χ4n) is 2.41. The highest BCUT2D eigenvalue weighted by atomic mass is 35.5. The van der Waals surface area contributed by atoms with Crippen LogP contribution in [0.4, 0.5) is 13.2 Å². The normalized spacial score (nSPS) is 21.5. The predicted octanol–water partition coefficient (Wildman–Crippen LogP) is 2.65. The van der Waals surface area contributed by atoms with E-state index in [0.29, 0.717) is 18.7 Å². The molecule has 2 N–H and O–H groups in total. The number of amides is 1. The smallest absolute Gasteiger partial charge is 0.257 e. The van der Waals surface area contributed by atoms with Gasteiger partial charge in [-0.1, -0.05) is 6.92 Å². The number of benzene rings is 1. The van der Waals surface area contributed by atoms with Crippen molar-refractivity contribution in [1.29, 1.82) is 0 Å². The van der Waals surface area contributed by atoms with Gasteiger partial charge in [0.05, 0.1) is 0 Å². The summed E-state index contributed by atoms with van der Waals surface area (Å²) >= 11 is 0. The Balaban J connectivity index is 0.00000220. The number of piperidine rings is 1. The zero-order chi connectivity index (χ0) is 14.8. The van der Waals surface area contributed by atoms with E-state index in [1.165, 1.54) is 0 Å². The first-order valence-corrected chi connectivity index (χ1v) is 6.55. The average molecular weight is 323 g/mol. The molecule has 1 aromatic rings. The van der Waals surface area contributed by atoms with Crippen LogP contribution in [0.2, 0.25) is 0 Å². The maximum Gasteiger partial charge on any atom is 0.257 e. The SMILES string of the molecule is CC1(CNC(=O)c2c(F)cc(F)cc2F)CCCNC1.Cl. The van der Waals surface area contributed by atoms with Crippen molar-refractivity contribution in [1.82, 2.24) is 10.6 Å². The fraction of sp³-hybridized carbons (Fsp3) is 0.500. The molecule has 1 aromatic carbocycles. The lowest BCUT2D eigenvalue weighted by Gasteiger charge is -2.34. The molecule has 7 heteroatoms. The van der Waals surface area contributed by atoms with Gasteiger partial charge in [-0.3, -0.25) is 4.79 Å². The van der Waals surface area contributed by atoms with E-state index in [0.717, 1.165) is 25.9 Å². The second-order valence-corrected chi connectivity index (χ2v) is 5.52. The Kier molecular flexibility index (Phi) is 6.04. The zero-order valence-electron chi connectivity index (χ0n) is 11.6. The summed E-state index contributed by atoms with van der Waals surface area (Å²) in [6.07, 6.45) is 1.92. The lowest BCUT2D eigenvalue weighted by molar-refractivity contribution is 0.0916. The molecular weight excluding hydrogens is 305 g/mol. The summed E-state index contributed by atoms with van der Waals surface area (Å²) in [6.45, 7) is 3.98. The molecule has 1 aliphatic heterocycles. The van der Waals surface area contributed by atoms with Gasteiger partial charge in [0.15, 0.2) is 0 Å². The third kappa shape index (κ3) is 4.35. The third-order valence-electron chi connectivity index (χ3n) is 3.60. The van der Waals surface area contributed by atoms with Gasteiger partial charge in [0, 0.05) is 25.2 Å². The van der Waals surface area contributed by atoms with Crippen molar-refractivity contribution >= 4 is 18.3 Å². The Morgan fingerprint density at radius 2 is 1.95 bits per heavy atom. The van der Waals surface area contributed by atoms with Crippen molar-refractivity contribution in [2.24, 2.45) is 5.41 Å². The molecular formula is C14H18ClF3N2O. The van der Waals surface area contributed by atoms with Gasteiger partial charge in [0.1, 0.15) is 23.0 Å². The van der Waals surface area contributed by atoms with Gasteiger partial charge in [-0.05, 0) is 24.8 Å². The van der Waals surface area contributed by atoms with E-state index in [4.69, 9.17) is 0 Å². The van der Waals surface area contributed by atoms with Crippen LogP contribution in [0.25, 0.3) is 0 Å². The summed E-state index contributed by atoms with van der Waals surface area (Å²) < 4.78 is 39.7. The molecule has 0 saturated carbocycles. The van der Waals surface area contributed by atoms with Crippen molar-refractivity contribution in [3.63, 3.8) is 0 Å². The number of hydrogen-bond acceptors (Lipinski definition) is 2. The molecule has 0 aliphatic carbocycles. The maximum atomic E-state index is 13.5. The molecule has 1 fully saturated rings. The second kappa shape index (κ2) is 7.13. The summed E-state index contributed by atoms with van der Waals surface area (Å²) in [5.41, 5.74) is -0.875. The molecule has 118 valence electrons. The first-order chi connectivity index (χ1) is 9.41. The molecule has 1 saturated heterocycles. The quantitative estimate of drug-likeness (QED) is 0.898. The molecule has 1 heterocycles. The van der Waals surface area contributed by atoms with Crippen molar-refractivity contribution in [2.75, 3.05) is 19.6 Å². The third-order valence-corrected chi connectivity index (χ3v) is 3.60. The van der Waals surface area contributed by atoms with E-state index in [2.05, 4.69) is 10.6 Å². The molecule has 1 atom stereocenters. The zero-order valence-corrected chi connectivity index (χ0v) is 12.5. The Bertz CT molecular complexity index is 496. The summed E-state index contributed by atoms with van der Waals surface area (Å²) in [4.78, 5) is 11.8. The Labute approximate surface area is 127 Å². The van der Waals surface area contributed by atoms with Gasteiger partial charge in [-0.15, -0.1) is 12.4 Å². The number of carbonyl (C=O) groups excluding carboxylic acids is 1. The predicted molar refractivity (Wildman–Crippen MR) is 76.1 cm³/mol. The largest absolute Gasteiger partial charge is 0.351 e. The second-order valence-electron chi connectivity index (χ2n) is 5.52. The molecule has 1 amide bonds. The van der Waals surface area contributed by atoms with Crippen LogP contribution in [0, 0.1) is 22.9 Å². The van der Waals surface area contributed by atoms with E-state index in [1.807, 2.05) is 6.92 Å². The monoisotopic (exact) mass is 322 g/mol. The van der Waals surface area contributed by atoms with E-state index in [9.17, 15) is 18.0 Å². The van der Waals surface area contributed by atoms with E-state index < -0.39 is 28.9 Å². The van der Waals surface area contributed by atoms with Crippen LogP contribution in [0.3, 0.4) is 0 Å². The maximum absolute atomic E-state index is 13.5. The van der Waals surface area contributed by atoms with Crippen LogP contribution in [0.5, 0.6) is 0 Å². The van der Waals surface area contributed by atoms with Crippen LogP contribution in [-0.2, 0) is 0 Å². The Hall–Kier alpha value is -1.27. The first-order valence-electron chi connectivity index (χ1n) is 6.55. The molecule has 0 radical (unpaired) electrons. The van der Waals surface area contributed by atoms with Gasteiger partial charge in [0.2, 0.25) is 0 Å². The van der Waals surface area contributed by atoms with Gasteiger partial charge >= 0.3 is 0 Å². The van der Waals surface area contributed by atoms with Gasteiger partial charge in [-0.25, -0.2) is 13.2 Å². The van der Waals surface area contributed by atoms with Crippen molar-refractivity contribution in [3.8, 4) is 0 Å². The minimum absolute atomic E-state index is 0. The van der Waals surface area contributed by atoms with E-state index >= 15 is 0 Å². The van der Waals surface area contributed by atoms with Crippen LogP contribution < -0.4 is 10.6 Å². The van der Waals surface area contributed by atoms with Crippen molar-refractivity contribution in [2.45, 2.75) is 19.8 Å². The van der Waals surface area contributed by atoms with Crippen LogP contribution in [-0.4, -0.2) is 25.5 Å². The standard InChI is InChI=1S/C14H17F3N2O.ClH/c1-14(3-2-4-18-7-14)8-19-13(20)12-10(16)5-9(15)6-11(12)17;/h5-6,18H,2-4,7-8H2,1H3,(H,19,20);1H. The van der Waals surface area contributed by atoms with Crippen molar-refractivity contribution in [3.05, 3.63) is 35.1 Å². The molecule has 2 rings (SSSR count).